The Morgan fingerprint density at radius 1 is 1.32 bits per heavy atom. The average molecular weight is 302 g/mol. The van der Waals surface area contributed by atoms with Crippen LogP contribution in [0.25, 0.3) is 0 Å². The third-order valence-electron chi connectivity index (χ3n) is 2.94. The molecule has 114 valence electrons. The molecule has 0 aliphatic rings. The number of non-ortho nitro benzene ring substituents is 1. The minimum absolute atomic E-state index is 0.132. The van der Waals surface area contributed by atoms with Crippen molar-refractivity contribution >= 4 is 11.6 Å². The van der Waals surface area contributed by atoms with Crippen LogP contribution in [0, 0.1) is 10.1 Å². The quantitative estimate of drug-likeness (QED) is 0.486. The Hall–Kier alpha value is -3.03. The van der Waals surface area contributed by atoms with Gasteiger partial charge in [0.15, 0.2) is 0 Å². The molecule has 0 fully saturated rings. The van der Waals surface area contributed by atoms with Crippen molar-refractivity contribution in [3.63, 3.8) is 0 Å². The fraction of sp³-hybridized carbons (Fsp3) is 0.214. The van der Waals surface area contributed by atoms with Crippen molar-refractivity contribution in [3.8, 4) is 0 Å². The van der Waals surface area contributed by atoms with Crippen LogP contribution in [0.5, 0.6) is 0 Å². The molecule has 0 atom stereocenters. The summed E-state index contributed by atoms with van der Waals surface area (Å²) in [6.07, 6.45) is 2.04. The molecule has 0 unspecified atom stereocenters. The van der Waals surface area contributed by atoms with Crippen molar-refractivity contribution in [1.82, 2.24) is 15.1 Å². The van der Waals surface area contributed by atoms with Gasteiger partial charge in [-0.25, -0.2) is 4.68 Å². The molecule has 8 nitrogen and oxygen atoms in total. The number of aromatic nitrogens is 2. The Morgan fingerprint density at radius 3 is 2.86 bits per heavy atom. The molecule has 0 saturated heterocycles. The lowest BCUT2D eigenvalue weighted by atomic mass is 10.2. The summed E-state index contributed by atoms with van der Waals surface area (Å²) in [4.78, 5) is 33.4. The van der Waals surface area contributed by atoms with Crippen molar-refractivity contribution in [1.29, 1.82) is 0 Å². The van der Waals surface area contributed by atoms with Gasteiger partial charge < -0.3 is 5.32 Å². The number of aryl methyl sites for hydroxylation is 1. The highest BCUT2D eigenvalue weighted by atomic mass is 16.6. The Morgan fingerprint density at radius 2 is 2.14 bits per heavy atom. The summed E-state index contributed by atoms with van der Waals surface area (Å²) in [5.74, 6) is -0.392. The number of carbonyl (C=O) groups excluding carboxylic acids is 1. The normalized spacial score (nSPS) is 10.2. The van der Waals surface area contributed by atoms with E-state index >= 15 is 0 Å². The van der Waals surface area contributed by atoms with Gasteiger partial charge in [0, 0.05) is 43.0 Å². The number of nitro groups is 1. The van der Waals surface area contributed by atoms with E-state index in [1.54, 1.807) is 6.07 Å². The van der Waals surface area contributed by atoms with Crippen LogP contribution in [0.4, 0.5) is 5.69 Å². The van der Waals surface area contributed by atoms with Crippen molar-refractivity contribution in [2.75, 3.05) is 6.54 Å². The number of rotatable bonds is 6. The zero-order chi connectivity index (χ0) is 15.9. The second-order valence-electron chi connectivity index (χ2n) is 4.50. The molecule has 1 N–H and O–H groups in total. The Labute approximate surface area is 125 Å². The summed E-state index contributed by atoms with van der Waals surface area (Å²) in [6, 6.07) is 8.48. The van der Waals surface area contributed by atoms with Crippen molar-refractivity contribution in [2.24, 2.45) is 0 Å². The maximum absolute atomic E-state index is 11.9. The van der Waals surface area contributed by atoms with Crippen LogP contribution in [0.2, 0.25) is 0 Å². The van der Waals surface area contributed by atoms with E-state index in [4.69, 9.17) is 0 Å². The van der Waals surface area contributed by atoms with E-state index in [-0.39, 0.29) is 16.8 Å². The van der Waals surface area contributed by atoms with Gasteiger partial charge in [-0.2, -0.15) is 5.10 Å². The first kappa shape index (κ1) is 15.4. The van der Waals surface area contributed by atoms with Crippen LogP contribution in [-0.4, -0.2) is 27.2 Å². The maximum atomic E-state index is 11.9. The van der Waals surface area contributed by atoms with Gasteiger partial charge in [-0.1, -0.05) is 6.07 Å². The molecule has 0 aliphatic carbocycles. The first-order chi connectivity index (χ1) is 10.6. The first-order valence-corrected chi connectivity index (χ1v) is 6.63. The predicted molar refractivity (Wildman–Crippen MR) is 78.5 cm³/mol. The van der Waals surface area contributed by atoms with E-state index in [9.17, 15) is 19.7 Å². The summed E-state index contributed by atoms with van der Waals surface area (Å²) in [6.45, 7) is 0.722. The summed E-state index contributed by atoms with van der Waals surface area (Å²) in [5.41, 5.74) is -0.107. The molecule has 1 amide bonds. The highest BCUT2D eigenvalue weighted by Crippen LogP contribution is 2.12. The summed E-state index contributed by atoms with van der Waals surface area (Å²) < 4.78 is 1.31. The van der Waals surface area contributed by atoms with Crippen molar-refractivity contribution in [2.45, 2.75) is 13.0 Å². The fourth-order valence-electron chi connectivity index (χ4n) is 1.85. The van der Waals surface area contributed by atoms with Gasteiger partial charge in [-0.05, 0) is 18.6 Å². The molecule has 0 aliphatic heterocycles. The largest absolute Gasteiger partial charge is 0.352 e. The van der Waals surface area contributed by atoms with E-state index in [2.05, 4.69) is 10.4 Å². The van der Waals surface area contributed by atoms with Crippen molar-refractivity contribution in [3.05, 3.63) is 68.6 Å². The van der Waals surface area contributed by atoms with E-state index in [0.29, 0.717) is 19.5 Å². The van der Waals surface area contributed by atoms with Crippen LogP contribution >= 0.6 is 0 Å². The van der Waals surface area contributed by atoms with E-state index in [1.165, 1.54) is 41.2 Å². The molecule has 22 heavy (non-hydrogen) atoms. The monoisotopic (exact) mass is 302 g/mol. The molecule has 2 rings (SSSR count). The topological polar surface area (TPSA) is 107 Å². The molecule has 0 radical (unpaired) electrons. The standard InChI is InChI=1S/C14H14N4O4/c19-13-6-2-8-16-17(13)9-3-7-15-14(20)11-4-1-5-12(10-11)18(21)22/h1-2,4-6,8,10H,3,7,9H2,(H,15,20). The van der Waals surface area contributed by atoms with Crippen LogP contribution in [0.15, 0.2) is 47.4 Å². The van der Waals surface area contributed by atoms with Gasteiger partial charge in [0.25, 0.3) is 17.2 Å². The maximum Gasteiger partial charge on any atom is 0.270 e. The number of benzene rings is 1. The lowest BCUT2D eigenvalue weighted by molar-refractivity contribution is -0.384. The van der Waals surface area contributed by atoms with Gasteiger partial charge in [-0.3, -0.25) is 19.7 Å². The molecular formula is C14H14N4O4. The van der Waals surface area contributed by atoms with Crippen LogP contribution in [-0.2, 0) is 6.54 Å². The van der Waals surface area contributed by atoms with Crippen LogP contribution in [0.3, 0.4) is 0 Å². The average Bonchev–Trinajstić information content (AvgIpc) is 2.53. The van der Waals surface area contributed by atoms with E-state index in [1.807, 2.05) is 0 Å². The highest BCUT2D eigenvalue weighted by molar-refractivity contribution is 5.94. The summed E-state index contributed by atoms with van der Waals surface area (Å²) in [7, 11) is 0. The first-order valence-electron chi connectivity index (χ1n) is 6.63. The number of nitrogens with one attached hydrogen (secondary N) is 1. The zero-order valence-corrected chi connectivity index (χ0v) is 11.6. The number of nitrogens with zero attached hydrogens (tertiary/aromatic N) is 3. The molecule has 1 aromatic heterocycles. The van der Waals surface area contributed by atoms with Crippen molar-refractivity contribution < 1.29 is 9.72 Å². The fourth-order valence-corrected chi connectivity index (χ4v) is 1.85. The lowest BCUT2D eigenvalue weighted by Gasteiger charge is -2.06. The smallest absolute Gasteiger partial charge is 0.270 e. The Bertz CT molecular complexity index is 741. The Kier molecular flexibility index (Phi) is 4.97. The van der Waals surface area contributed by atoms with Gasteiger partial charge in [-0.15, -0.1) is 0 Å². The third-order valence-corrected chi connectivity index (χ3v) is 2.94. The number of carbonyl (C=O) groups is 1. The SMILES string of the molecule is O=C(NCCCn1ncccc1=O)c1cccc([N+](=O)[O-])c1. The predicted octanol–water partition coefficient (Wildman–Crippen LogP) is 0.972. The molecule has 1 aromatic carbocycles. The molecule has 1 heterocycles. The Balaban J connectivity index is 1.86. The van der Waals surface area contributed by atoms with Crippen LogP contribution in [0.1, 0.15) is 16.8 Å². The van der Waals surface area contributed by atoms with Gasteiger partial charge in [0.05, 0.1) is 4.92 Å². The molecule has 0 saturated carbocycles. The second kappa shape index (κ2) is 7.11. The van der Waals surface area contributed by atoms with E-state index in [0.717, 1.165) is 0 Å². The summed E-state index contributed by atoms with van der Waals surface area (Å²) >= 11 is 0. The number of hydrogen-bond donors (Lipinski definition) is 1. The van der Waals surface area contributed by atoms with Gasteiger partial charge in [0.2, 0.25) is 0 Å². The molecule has 0 spiro atoms. The highest BCUT2D eigenvalue weighted by Gasteiger charge is 2.10. The van der Waals surface area contributed by atoms with Gasteiger partial charge in [0.1, 0.15) is 0 Å². The second-order valence-corrected chi connectivity index (χ2v) is 4.50. The number of amides is 1. The molecule has 0 bridgehead atoms. The van der Waals surface area contributed by atoms with Gasteiger partial charge >= 0.3 is 0 Å². The van der Waals surface area contributed by atoms with Crippen LogP contribution < -0.4 is 10.9 Å². The zero-order valence-electron chi connectivity index (χ0n) is 11.6. The number of nitro benzene ring substituents is 1. The molecular weight excluding hydrogens is 288 g/mol. The third kappa shape index (κ3) is 3.98. The minimum Gasteiger partial charge on any atom is -0.352 e. The minimum atomic E-state index is -0.551. The number of hydrogen-bond acceptors (Lipinski definition) is 5. The molecule has 8 heteroatoms. The molecule has 2 aromatic rings. The summed E-state index contributed by atoms with van der Waals surface area (Å²) in [5, 5.41) is 17.2. The van der Waals surface area contributed by atoms with E-state index < -0.39 is 10.8 Å². The lowest BCUT2D eigenvalue weighted by Crippen LogP contribution is -2.27.